The third-order valence-electron chi connectivity index (χ3n) is 3.19. The number of anilines is 2. The summed E-state index contributed by atoms with van der Waals surface area (Å²) in [6.07, 6.45) is 1.80. The van der Waals surface area contributed by atoms with E-state index in [4.69, 9.17) is 4.74 Å². The average Bonchev–Trinajstić information content (AvgIpc) is 2.54. The quantitative estimate of drug-likeness (QED) is 0.800. The minimum Gasteiger partial charge on any atom is -0.491 e. The maximum absolute atomic E-state index is 12.2. The molecule has 2 N–H and O–H groups in total. The summed E-state index contributed by atoms with van der Waals surface area (Å²) in [5, 5.41) is 6.10. The molecule has 2 rings (SSSR count). The summed E-state index contributed by atoms with van der Waals surface area (Å²) in [6.45, 7) is 9.10. The number of benzene rings is 1. The van der Waals surface area contributed by atoms with Crippen LogP contribution in [0.1, 0.15) is 38.2 Å². The van der Waals surface area contributed by atoms with Crippen molar-refractivity contribution in [1.82, 2.24) is 4.98 Å². The first-order valence-electron chi connectivity index (χ1n) is 8.22. The Balaban J connectivity index is 1.94. The highest BCUT2D eigenvalue weighted by molar-refractivity contribution is 6.02. The van der Waals surface area contributed by atoms with E-state index >= 15 is 0 Å². The number of aromatic nitrogens is 1. The molecule has 24 heavy (non-hydrogen) atoms. The van der Waals surface area contributed by atoms with Gasteiger partial charge in [0.05, 0.1) is 18.0 Å². The number of carbonyl (C=O) groups excluding carboxylic acids is 1. The fraction of sp³-hybridized carbons (Fsp3) is 0.368. The maximum Gasteiger partial charge on any atom is 0.274 e. The molecule has 0 radical (unpaired) electrons. The van der Waals surface area contributed by atoms with Crippen LogP contribution >= 0.6 is 0 Å². The van der Waals surface area contributed by atoms with E-state index in [1.54, 1.807) is 12.3 Å². The van der Waals surface area contributed by atoms with Crippen molar-refractivity contribution in [3.05, 3.63) is 48.3 Å². The van der Waals surface area contributed by atoms with Crippen LogP contribution in [0.2, 0.25) is 0 Å². The Hall–Kier alpha value is -2.56. The lowest BCUT2D eigenvalue weighted by atomic mass is 10.2. The molecule has 0 aliphatic rings. The molecule has 0 aliphatic carbocycles. The van der Waals surface area contributed by atoms with E-state index < -0.39 is 0 Å². The lowest BCUT2D eigenvalue weighted by Gasteiger charge is -2.11. The van der Waals surface area contributed by atoms with Gasteiger partial charge in [-0.3, -0.25) is 4.79 Å². The first-order valence-corrected chi connectivity index (χ1v) is 8.22. The van der Waals surface area contributed by atoms with E-state index in [1.165, 1.54) is 0 Å². The van der Waals surface area contributed by atoms with Gasteiger partial charge in [-0.2, -0.15) is 0 Å². The van der Waals surface area contributed by atoms with Crippen molar-refractivity contribution >= 4 is 17.3 Å². The number of amides is 1. The summed E-state index contributed by atoms with van der Waals surface area (Å²) in [5.41, 5.74) is 2.00. The van der Waals surface area contributed by atoms with Gasteiger partial charge < -0.3 is 15.4 Å². The Morgan fingerprint density at radius 1 is 1.04 bits per heavy atom. The van der Waals surface area contributed by atoms with Gasteiger partial charge in [-0.25, -0.2) is 4.98 Å². The van der Waals surface area contributed by atoms with Gasteiger partial charge in [-0.1, -0.05) is 13.8 Å². The minimum absolute atomic E-state index is 0.123. The summed E-state index contributed by atoms with van der Waals surface area (Å²) in [4.78, 5) is 16.4. The molecule has 0 saturated heterocycles. The van der Waals surface area contributed by atoms with Crippen molar-refractivity contribution in [2.45, 2.75) is 33.8 Å². The van der Waals surface area contributed by atoms with Crippen molar-refractivity contribution in [3.8, 4) is 5.75 Å². The van der Waals surface area contributed by atoms with Crippen LogP contribution in [-0.4, -0.2) is 23.5 Å². The molecule has 1 amide bonds. The molecule has 0 aliphatic heterocycles. The SMILES string of the molecule is CC(C)CNc1ccc(C(=O)Nc2ccc(OC(C)C)cc2)nc1. The van der Waals surface area contributed by atoms with Crippen molar-refractivity contribution in [1.29, 1.82) is 0 Å². The van der Waals surface area contributed by atoms with Crippen LogP contribution in [0.3, 0.4) is 0 Å². The number of nitrogens with zero attached hydrogens (tertiary/aromatic N) is 1. The van der Waals surface area contributed by atoms with Crippen LogP contribution in [0.25, 0.3) is 0 Å². The molecular formula is C19H25N3O2. The number of pyridine rings is 1. The predicted octanol–water partition coefficient (Wildman–Crippen LogP) is 4.19. The van der Waals surface area contributed by atoms with Crippen LogP contribution in [0, 0.1) is 5.92 Å². The summed E-state index contributed by atoms with van der Waals surface area (Å²) in [7, 11) is 0. The standard InChI is InChI=1S/C19H25N3O2/c1-13(2)11-20-16-7-10-18(21-12-16)19(23)22-15-5-8-17(9-6-15)24-14(3)4/h5-10,12-14,20H,11H2,1-4H3,(H,22,23). The monoisotopic (exact) mass is 327 g/mol. The Morgan fingerprint density at radius 2 is 1.71 bits per heavy atom. The van der Waals surface area contributed by atoms with Gasteiger partial charge in [0, 0.05) is 12.2 Å². The molecule has 0 unspecified atom stereocenters. The van der Waals surface area contributed by atoms with Gasteiger partial charge >= 0.3 is 0 Å². The fourth-order valence-corrected chi connectivity index (χ4v) is 2.04. The largest absolute Gasteiger partial charge is 0.491 e. The lowest BCUT2D eigenvalue weighted by Crippen LogP contribution is -2.14. The predicted molar refractivity (Wildman–Crippen MR) is 97.7 cm³/mol. The molecule has 0 bridgehead atoms. The van der Waals surface area contributed by atoms with E-state index in [2.05, 4.69) is 29.5 Å². The van der Waals surface area contributed by atoms with Gasteiger partial charge in [0.2, 0.25) is 0 Å². The molecular weight excluding hydrogens is 302 g/mol. The van der Waals surface area contributed by atoms with Crippen molar-refractivity contribution in [2.24, 2.45) is 5.92 Å². The highest BCUT2D eigenvalue weighted by atomic mass is 16.5. The molecule has 0 fully saturated rings. The van der Waals surface area contributed by atoms with Gasteiger partial charge in [0.25, 0.3) is 5.91 Å². The van der Waals surface area contributed by atoms with Crippen LogP contribution < -0.4 is 15.4 Å². The zero-order valence-corrected chi connectivity index (χ0v) is 14.7. The number of carbonyl (C=O) groups is 1. The zero-order chi connectivity index (χ0) is 17.5. The Bertz CT molecular complexity index is 649. The molecule has 1 aromatic heterocycles. The first kappa shape index (κ1) is 17.8. The Labute approximate surface area is 143 Å². The number of rotatable bonds is 7. The van der Waals surface area contributed by atoms with Crippen LogP contribution in [0.5, 0.6) is 5.75 Å². The van der Waals surface area contributed by atoms with Crippen LogP contribution in [0.15, 0.2) is 42.6 Å². The number of ether oxygens (including phenoxy) is 1. The molecule has 0 saturated carbocycles. The van der Waals surface area contributed by atoms with E-state index in [0.717, 1.165) is 18.0 Å². The number of nitrogens with one attached hydrogen (secondary N) is 2. The number of hydrogen-bond donors (Lipinski definition) is 2. The number of hydrogen-bond acceptors (Lipinski definition) is 4. The van der Waals surface area contributed by atoms with Crippen molar-refractivity contribution in [2.75, 3.05) is 17.2 Å². The molecule has 0 atom stereocenters. The fourth-order valence-electron chi connectivity index (χ4n) is 2.04. The van der Waals surface area contributed by atoms with Crippen molar-refractivity contribution < 1.29 is 9.53 Å². The molecule has 1 aromatic carbocycles. The van der Waals surface area contributed by atoms with Gasteiger partial charge in [-0.05, 0) is 56.2 Å². The molecule has 5 nitrogen and oxygen atoms in total. The van der Waals surface area contributed by atoms with Crippen molar-refractivity contribution in [3.63, 3.8) is 0 Å². The summed E-state index contributed by atoms with van der Waals surface area (Å²) < 4.78 is 5.58. The molecule has 2 aromatic rings. The third-order valence-corrected chi connectivity index (χ3v) is 3.19. The third kappa shape index (κ3) is 5.57. The van der Waals surface area contributed by atoms with E-state index in [0.29, 0.717) is 17.3 Å². The van der Waals surface area contributed by atoms with Gasteiger partial charge in [0.15, 0.2) is 0 Å². The first-order chi connectivity index (χ1) is 11.4. The molecule has 128 valence electrons. The molecule has 0 spiro atoms. The topological polar surface area (TPSA) is 63.2 Å². The van der Waals surface area contributed by atoms with Crippen LogP contribution in [0.4, 0.5) is 11.4 Å². The zero-order valence-electron chi connectivity index (χ0n) is 14.7. The Morgan fingerprint density at radius 3 is 2.25 bits per heavy atom. The normalized spacial score (nSPS) is 10.8. The molecule has 1 heterocycles. The lowest BCUT2D eigenvalue weighted by molar-refractivity contribution is 0.102. The Kier molecular flexibility index (Phi) is 6.18. The van der Waals surface area contributed by atoms with Gasteiger partial charge in [-0.15, -0.1) is 0 Å². The maximum atomic E-state index is 12.2. The van der Waals surface area contributed by atoms with Gasteiger partial charge in [0.1, 0.15) is 11.4 Å². The smallest absolute Gasteiger partial charge is 0.274 e. The van der Waals surface area contributed by atoms with E-state index in [-0.39, 0.29) is 12.0 Å². The summed E-state index contributed by atoms with van der Waals surface area (Å²) >= 11 is 0. The second-order valence-corrected chi connectivity index (χ2v) is 6.35. The van der Waals surface area contributed by atoms with Crippen LogP contribution in [-0.2, 0) is 0 Å². The molecule has 5 heteroatoms. The highest BCUT2D eigenvalue weighted by Crippen LogP contribution is 2.17. The minimum atomic E-state index is -0.233. The summed E-state index contributed by atoms with van der Waals surface area (Å²) in [6, 6.07) is 10.9. The second kappa shape index (κ2) is 8.34. The average molecular weight is 327 g/mol. The summed E-state index contributed by atoms with van der Waals surface area (Å²) in [5.74, 6) is 1.10. The van der Waals surface area contributed by atoms with E-state index in [1.807, 2.05) is 44.2 Å². The second-order valence-electron chi connectivity index (χ2n) is 6.35. The van der Waals surface area contributed by atoms with E-state index in [9.17, 15) is 4.79 Å². The highest BCUT2D eigenvalue weighted by Gasteiger charge is 2.08.